The number of piperidine rings is 1. The highest BCUT2D eigenvalue weighted by molar-refractivity contribution is 9.10. The maximum Gasteiger partial charge on any atom is 0.414 e. The molecule has 6 nitrogen and oxygen atoms in total. The molecule has 2 aliphatic rings. The predicted octanol–water partition coefficient (Wildman–Crippen LogP) is 4.07. The molecule has 1 saturated heterocycles. The second kappa shape index (κ2) is 7.50. The average molecular weight is 467 g/mol. The molecule has 148 valence electrons. The van der Waals surface area contributed by atoms with E-state index in [9.17, 15) is 13.2 Å². The molecule has 0 N–H and O–H groups in total. The first-order chi connectivity index (χ1) is 13.8. The summed E-state index contributed by atoms with van der Waals surface area (Å²) < 4.78 is 41.0. The van der Waals surface area contributed by atoms with Gasteiger partial charge in [0.15, 0.2) is 0 Å². The minimum Gasteiger partial charge on any atom is -0.444 e. The van der Waals surface area contributed by atoms with Gasteiger partial charge in [0.1, 0.15) is 6.61 Å². The van der Waals surface area contributed by atoms with Crippen LogP contribution in [0.4, 0.5) is 10.5 Å². The van der Waals surface area contributed by atoms with Crippen molar-refractivity contribution < 1.29 is 19.3 Å². The SMILES string of the molecule is [3H]c1cccc(S(=O)(=O)N2CCC(N3C(=O)OCc4cccc(C)c43)CC2)c1Br. The number of halogens is 1. The first-order valence-electron chi connectivity index (χ1n) is 9.60. The molecule has 0 radical (unpaired) electrons. The maximum atomic E-state index is 13.1. The molecule has 1 fully saturated rings. The average Bonchev–Trinajstić information content (AvgIpc) is 2.70. The molecule has 2 aliphatic heterocycles. The first kappa shape index (κ1) is 18.1. The third-order valence-electron chi connectivity index (χ3n) is 5.29. The molecule has 2 aromatic rings. The van der Waals surface area contributed by atoms with Crippen LogP contribution in [0.3, 0.4) is 0 Å². The molecule has 0 unspecified atom stereocenters. The molecule has 0 aromatic heterocycles. The van der Waals surface area contributed by atoms with E-state index in [2.05, 4.69) is 15.9 Å². The summed E-state index contributed by atoms with van der Waals surface area (Å²) in [4.78, 5) is 14.3. The highest BCUT2D eigenvalue weighted by Crippen LogP contribution is 2.35. The van der Waals surface area contributed by atoms with Crippen LogP contribution in [-0.4, -0.2) is 37.9 Å². The van der Waals surface area contributed by atoms with Crippen LogP contribution in [0.15, 0.2) is 51.8 Å². The van der Waals surface area contributed by atoms with Crippen LogP contribution in [0.25, 0.3) is 0 Å². The van der Waals surface area contributed by atoms with Crippen LogP contribution < -0.4 is 4.90 Å². The summed E-state index contributed by atoms with van der Waals surface area (Å²) in [6.07, 6.45) is 0.651. The quantitative estimate of drug-likeness (QED) is 0.683. The zero-order valence-corrected chi connectivity index (χ0v) is 17.8. The van der Waals surface area contributed by atoms with Gasteiger partial charge in [-0.3, -0.25) is 4.90 Å². The minimum absolute atomic E-state index is 0.0991. The van der Waals surface area contributed by atoms with Crippen LogP contribution in [0, 0.1) is 6.92 Å². The van der Waals surface area contributed by atoms with E-state index in [4.69, 9.17) is 6.11 Å². The summed E-state index contributed by atoms with van der Waals surface area (Å²) in [6.45, 7) is 2.83. The standard InChI is InChI=1S/C20H21BrN2O4S/c1-14-5-4-6-15-13-27-20(24)23(19(14)15)16-9-11-22(12-10-16)28(25,26)18-8-3-2-7-17(18)21/h2-8,16H,9-13H2,1H3/i7T. The van der Waals surface area contributed by atoms with E-state index in [0.29, 0.717) is 25.9 Å². The fourth-order valence-electron chi connectivity index (χ4n) is 3.89. The van der Waals surface area contributed by atoms with Gasteiger partial charge in [-0.05, 0) is 53.4 Å². The summed E-state index contributed by atoms with van der Waals surface area (Å²) in [5, 5.41) is 0. The van der Waals surface area contributed by atoms with E-state index >= 15 is 0 Å². The number of rotatable bonds is 3. The van der Waals surface area contributed by atoms with Crippen molar-refractivity contribution in [1.29, 1.82) is 0 Å². The van der Waals surface area contributed by atoms with Gasteiger partial charge in [0.05, 0.1) is 12.0 Å². The van der Waals surface area contributed by atoms with Crippen LogP contribution in [-0.2, 0) is 21.4 Å². The Labute approximate surface area is 174 Å². The monoisotopic (exact) mass is 466 g/mol. The van der Waals surface area contributed by atoms with Crippen LogP contribution in [0.5, 0.6) is 0 Å². The second-order valence-corrected chi connectivity index (χ2v) is 9.69. The Hall–Kier alpha value is -1.90. The van der Waals surface area contributed by atoms with E-state index in [1.807, 2.05) is 25.1 Å². The number of carbonyl (C=O) groups is 1. The van der Waals surface area contributed by atoms with Crippen molar-refractivity contribution in [2.75, 3.05) is 18.0 Å². The molecular weight excluding hydrogens is 444 g/mol. The number of cyclic esters (lactones) is 1. The number of sulfonamides is 1. The molecule has 0 spiro atoms. The number of hydrogen-bond acceptors (Lipinski definition) is 4. The Balaban J connectivity index is 1.56. The number of aryl methyl sites for hydroxylation is 1. The van der Waals surface area contributed by atoms with E-state index in [-0.39, 0.29) is 34.2 Å². The van der Waals surface area contributed by atoms with Crippen molar-refractivity contribution >= 4 is 37.7 Å². The Morgan fingerprint density at radius 3 is 2.68 bits per heavy atom. The zero-order chi connectivity index (χ0) is 20.8. The smallest absolute Gasteiger partial charge is 0.414 e. The third-order valence-corrected chi connectivity index (χ3v) is 8.15. The highest BCUT2D eigenvalue weighted by atomic mass is 79.9. The molecule has 2 heterocycles. The summed E-state index contributed by atoms with van der Waals surface area (Å²) in [6, 6.07) is 10.5. The van der Waals surface area contributed by atoms with Crippen molar-refractivity contribution in [2.45, 2.75) is 37.3 Å². The van der Waals surface area contributed by atoms with Crippen molar-refractivity contribution in [3.63, 3.8) is 0 Å². The normalized spacial score (nSPS) is 19.1. The summed E-state index contributed by atoms with van der Waals surface area (Å²) in [7, 11) is -3.72. The van der Waals surface area contributed by atoms with Gasteiger partial charge in [0.2, 0.25) is 10.0 Å². The summed E-state index contributed by atoms with van der Waals surface area (Å²) in [5.74, 6) is 0. The molecule has 0 bridgehead atoms. The molecular formula is C20H21BrN2O4S. The highest BCUT2D eigenvalue weighted by Gasteiger charge is 2.38. The lowest BCUT2D eigenvalue weighted by Crippen LogP contribution is -2.50. The molecule has 28 heavy (non-hydrogen) atoms. The topological polar surface area (TPSA) is 66.9 Å². The third kappa shape index (κ3) is 3.33. The lowest BCUT2D eigenvalue weighted by molar-refractivity contribution is 0.135. The van der Waals surface area contributed by atoms with E-state index in [1.54, 1.807) is 11.0 Å². The Morgan fingerprint density at radius 2 is 1.93 bits per heavy atom. The van der Waals surface area contributed by atoms with Crippen LogP contribution >= 0.6 is 15.9 Å². The molecule has 0 saturated carbocycles. The molecule has 8 heteroatoms. The fourth-order valence-corrected chi connectivity index (χ4v) is 6.28. The number of anilines is 1. The second-order valence-electron chi connectivity index (χ2n) is 6.99. The molecule has 1 amide bonds. The Kier molecular flexibility index (Phi) is 4.86. The van der Waals surface area contributed by atoms with Gasteiger partial charge < -0.3 is 4.74 Å². The largest absolute Gasteiger partial charge is 0.444 e. The lowest BCUT2D eigenvalue weighted by atomic mass is 10.00. The van der Waals surface area contributed by atoms with E-state index in [0.717, 1.165) is 16.8 Å². The fraction of sp³-hybridized carbons (Fsp3) is 0.350. The number of fused-ring (bicyclic) bond motifs is 1. The number of ether oxygens (including phenoxy) is 1. The minimum atomic E-state index is -3.72. The number of para-hydroxylation sites is 1. The lowest BCUT2D eigenvalue weighted by Gasteiger charge is -2.40. The van der Waals surface area contributed by atoms with Crippen LogP contribution in [0.2, 0.25) is 0 Å². The van der Waals surface area contributed by atoms with Crippen molar-refractivity contribution in [2.24, 2.45) is 0 Å². The van der Waals surface area contributed by atoms with Gasteiger partial charge >= 0.3 is 6.09 Å². The first-order valence-corrected chi connectivity index (χ1v) is 11.3. The van der Waals surface area contributed by atoms with Crippen molar-refractivity contribution in [1.82, 2.24) is 4.31 Å². The zero-order valence-electron chi connectivity index (χ0n) is 16.4. The number of hydrogen-bond donors (Lipinski definition) is 0. The van der Waals surface area contributed by atoms with Gasteiger partial charge in [-0.15, -0.1) is 0 Å². The summed E-state index contributed by atoms with van der Waals surface area (Å²) >= 11 is 3.23. The molecule has 0 atom stereocenters. The van der Waals surface area contributed by atoms with Crippen LogP contribution in [0.1, 0.15) is 25.3 Å². The van der Waals surface area contributed by atoms with E-state index < -0.39 is 10.0 Å². The number of carbonyl (C=O) groups excluding carboxylic acids is 1. The Morgan fingerprint density at radius 1 is 1.18 bits per heavy atom. The van der Waals surface area contributed by atoms with Gasteiger partial charge in [-0.25, -0.2) is 13.2 Å². The molecule has 4 rings (SSSR count). The van der Waals surface area contributed by atoms with Gasteiger partial charge in [-0.2, -0.15) is 4.31 Å². The van der Waals surface area contributed by atoms with Gasteiger partial charge in [0, 0.05) is 29.2 Å². The number of amides is 1. The Bertz CT molecular complexity index is 1070. The van der Waals surface area contributed by atoms with Crippen molar-refractivity contribution in [3.8, 4) is 0 Å². The van der Waals surface area contributed by atoms with Crippen molar-refractivity contribution in [3.05, 3.63) is 58.0 Å². The van der Waals surface area contributed by atoms with E-state index in [1.165, 1.54) is 16.4 Å². The van der Waals surface area contributed by atoms with Gasteiger partial charge in [-0.1, -0.05) is 30.3 Å². The molecule has 2 aromatic carbocycles. The number of nitrogens with zero attached hydrogens (tertiary/aromatic N) is 2. The maximum absolute atomic E-state index is 13.1. The summed E-state index contributed by atoms with van der Waals surface area (Å²) in [5.41, 5.74) is 2.86. The number of benzene rings is 2. The predicted molar refractivity (Wildman–Crippen MR) is 110 cm³/mol. The van der Waals surface area contributed by atoms with Gasteiger partial charge in [0.25, 0.3) is 0 Å². The molecule has 0 aliphatic carbocycles.